The fourth-order valence-electron chi connectivity index (χ4n) is 1.67. The Hall–Kier alpha value is -0.870. The molecular weight excluding hydrogens is 291 g/mol. The molecule has 1 aromatic rings. The third-order valence-corrected chi connectivity index (χ3v) is 5.25. The average Bonchev–Trinajstić information content (AvgIpc) is 2.44. The summed E-state index contributed by atoms with van der Waals surface area (Å²) in [5.74, 6) is -0.491. The molecule has 7 heteroatoms. The Morgan fingerprint density at radius 3 is 2.16 bits per heavy atom. The van der Waals surface area contributed by atoms with Crippen LogP contribution in [0, 0.1) is 0 Å². The van der Waals surface area contributed by atoms with Crippen LogP contribution < -0.4 is 0 Å². The molecule has 0 saturated carbocycles. The van der Waals surface area contributed by atoms with Crippen molar-refractivity contribution in [2.45, 2.75) is 12.1 Å². The maximum Gasteiger partial charge on any atom is 0.338 e. The van der Waals surface area contributed by atoms with Crippen LogP contribution in [-0.2, 0) is 23.1 Å². The summed E-state index contributed by atoms with van der Waals surface area (Å²) in [5, 5.41) is 0.547. The lowest BCUT2D eigenvalue weighted by Gasteiger charge is -2.23. The van der Waals surface area contributed by atoms with Gasteiger partial charge in [0.2, 0.25) is 0 Å². The van der Waals surface area contributed by atoms with Crippen molar-refractivity contribution >= 4 is 25.2 Å². The molecule has 0 aliphatic heterocycles. The summed E-state index contributed by atoms with van der Waals surface area (Å²) < 4.78 is 27.1. The highest BCUT2D eigenvalue weighted by Crippen LogP contribution is 2.61. The highest BCUT2D eigenvalue weighted by Gasteiger charge is 2.37. The maximum absolute atomic E-state index is 12.5. The van der Waals surface area contributed by atoms with Gasteiger partial charge < -0.3 is 13.8 Å². The molecule has 0 heterocycles. The maximum atomic E-state index is 12.5. The van der Waals surface area contributed by atoms with E-state index in [-0.39, 0.29) is 6.42 Å². The first-order valence-electron chi connectivity index (χ1n) is 5.50. The second kappa shape index (κ2) is 7.06. The van der Waals surface area contributed by atoms with Gasteiger partial charge in [0.1, 0.15) is 0 Å². The number of rotatable bonds is 6. The van der Waals surface area contributed by atoms with Crippen molar-refractivity contribution in [3.63, 3.8) is 0 Å². The van der Waals surface area contributed by atoms with E-state index in [2.05, 4.69) is 4.74 Å². The first-order valence-corrected chi connectivity index (χ1v) is 7.49. The molecule has 0 amide bonds. The topological polar surface area (TPSA) is 61.8 Å². The SMILES string of the molecule is COC(=O)CC(c1ccc(Cl)cc1)P(=O)(OC)OC. The smallest absolute Gasteiger partial charge is 0.338 e. The summed E-state index contributed by atoms with van der Waals surface area (Å²) in [5.41, 5.74) is -0.0888. The molecule has 1 aromatic carbocycles. The molecule has 19 heavy (non-hydrogen) atoms. The van der Waals surface area contributed by atoms with E-state index in [1.807, 2.05) is 0 Å². The number of carbonyl (C=O) groups excluding carboxylic acids is 1. The summed E-state index contributed by atoms with van der Waals surface area (Å²) in [6, 6.07) is 6.66. The van der Waals surface area contributed by atoms with Crippen LogP contribution in [0.15, 0.2) is 24.3 Å². The van der Waals surface area contributed by atoms with Crippen molar-refractivity contribution in [1.82, 2.24) is 0 Å². The van der Waals surface area contributed by atoms with E-state index >= 15 is 0 Å². The minimum absolute atomic E-state index is 0.100. The van der Waals surface area contributed by atoms with Gasteiger partial charge in [-0.15, -0.1) is 0 Å². The van der Waals surface area contributed by atoms with E-state index < -0.39 is 19.2 Å². The van der Waals surface area contributed by atoms with E-state index in [0.29, 0.717) is 10.6 Å². The van der Waals surface area contributed by atoms with Crippen LogP contribution in [-0.4, -0.2) is 27.3 Å². The zero-order valence-electron chi connectivity index (χ0n) is 11.0. The van der Waals surface area contributed by atoms with Crippen LogP contribution in [0.2, 0.25) is 5.02 Å². The largest absolute Gasteiger partial charge is 0.469 e. The standard InChI is InChI=1S/C12H16ClO5P/c1-16-12(14)8-11(19(15,17-2)18-3)9-4-6-10(13)7-5-9/h4-7,11H,8H2,1-3H3. The number of hydrogen-bond donors (Lipinski definition) is 0. The molecule has 1 unspecified atom stereocenters. The lowest BCUT2D eigenvalue weighted by molar-refractivity contribution is -0.140. The molecule has 106 valence electrons. The number of benzene rings is 1. The summed E-state index contributed by atoms with van der Waals surface area (Å²) in [6.07, 6.45) is -0.100. The normalized spacial score (nSPS) is 13.1. The molecule has 0 radical (unpaired) electrons. The van der Waals surface area contributed by atoms with Crippen LogP contribution in [0.3, 0.4) is 0 Å². The molecule has 0 aromatic heterocycles. The van der Waals surface area contributed by atoms with Crippen molar-refractivity contribution in [2.75, 3.05) is 21.3 Å². The second-order valence-corrected chi connectivity index (χ2v) is 6.62. The molecule has 0 saturated heterocycles. The highest BCUT2D eigenvalue weighted by atomic mass is 35.5. The summed E-state index contributed by atoms with van der Waals surface area (Å²) in [4.78, 5) is 11.5. The lowest BCUT2D eigenvalue weighted by atomic mass is 10.1. The molecular formula is C12H16ClO5P. The van der Waals surface area contributed by atoms with Gasteiger partial charge in [0.25, 0.3) is 0 Å². The van der Waals surface area contributed by atoms with E-state index in [0.717, 1.165) is 0 Å². The number of methoxy groups -OCH3 is 1. The Bertz CT molecular complexity index is 466. The van der Waals surface area contributed by atoms with Crippen LogP contribution in [0.25, 0.3) is 0 Å². The fourth-order valence-corrected chi connectivity index (χ4v) is 3.36. The Labute approximate surface area is 117 Å². The number of ether oxygens (including phenoxy) is 1. The van der Waals surface area contributed by atoms with Gasteiger partial charge in [0, 0.05) is 19.2 Å². The Morgan fingerprint density at radius 1 is 1.21 bits per heavy atom. The third-order valence-electron chi connectivity index (χ3n) is 2.73. The highest BCUT2D eigenvalue weighted by molar-refractivity contribution is 7.54. The van der Waals surface area contributed by atoms with E-state index in [4.69, 9.17) is 20.6 Å². The van der Waals surface area contributed by atoms with Gasteiger partial charge in [-0.25, -0.2) is 0 Å². The summed E-state index contributed by atoms with van der Waals surface area (Å²) in [6.45, 7) is 0. The van der Waals surface area contributed by atoms with Gasteiger partial charge in [-0.05, 0) is 17.7 Å². The van der Waals surface area contributed by atoms with Crippen molar-refractivity contribution in [1.29, 1.82) is 0 Å². The van der Waals surface area contributed by atoms with Crippen molar-refractivity contribution in [2.24, 2.45) is 0 Å². The monoisotopic (exact) mass is 306 g/mol. The predicted molar refractivity (Wildman–Crippen MR) is 72.5 cm³/mol. The molecule has 0 spiro atoms. The van der Waals surface area contributed by atoms with Crippen LogP contribution in [0.4, 0.5) is 0 Å². The van der Waals surface area contributed by atoms with Crippen molar-refractivity contribution < 1.29 is 23.1 Å². The summed E-state index contributed by atoms with van der Waals surface area (Å²) >= 11 is 5.81. The minimum Gasteiger partial charge on any atom is -0.469 e. The summed E-state index contributed by atoms with van der Waals surface area (Å²) in [7, 11) is 0.395. The van der Waals surface area contributed by atoms with Crippen LogP contribution in [0.1, 0.15) is 17.6 Å². The third kappa shape index (κ3) is 4.05. The number of hydrogen-bond acceptors (Lipinski definition) is 5. The van der Waals surface area contributed by atoms with Crippen LogP contribution in [0.5, 0.6) is 0 Å². The van der Waals surface area contributed by atoms with Crippen LogP contribution >= 0.6 is 19.2 Å². The van der Waals surface area contributed by atoms with E-state index in [1.165, 1.54) is 21.3 Å². The first-order chi connectivity index (χ1) is 8.96. The molecule has 5 nitrogen and oxygen atoms in total. The van der Waals surface area contributed by atoms with Gasteiger partial charge >= 0.3 is 13.6 Å². The van der Waals surface area contributed by atoms with Gasteiger partial charge in [-0.1, -0.05) is 23.7 Å². The average molecular weight is 307 g/mol. The zero-order chi connectivity index (χ0) is 14.5. The second-order valence-electron chi connectivity index (χ2n) is 3.75. The predicted octanol–water partition coefficient (Wildman–Crippen LogP) is 3.43. The Kier molecular flexibility index (Phi) is 6.01. The zero-order valence-corrected chi connectivity index (χ0v) is 12.6. The van der Waals surface area contributed by atoms with Gasteiger partial charge in [-0.3, -0.25) is 9.36 Å². The lowest BCUT2D eigenvalue weighted by Crippen LogP contribution is -2.11. The molecule has 1 atom stereocenters. The first kappa shape index (κ1) is 16.2. The fraction of sp³-hybridized carbons (Fsp3) is 0.417. The van der Waals surface area contributed by atoms with Crippen molar-refractivity contribution in [3.05, 3.63) is 34.9 Å². The molecule has 0 aliphatic rings. The number of halogens is 1. The Morgan fingerprint density at radius 2 is 1.74 bits per heavy atom. The molecule has 0 aliphatic carbocycles. The molecule has 0 bridgehead atoms. The molecule has 0 fully saturated rings. The molecule has 1 rings (SSSR count). The quantitative estimate of drug-likeness (QED) is 0.595. The Balaban J connectivity index is 3.15. The number of carbonyl (C=O) groups is 1. The van der Waals surface area contributed by atoms with Gasteiger partial charge in [0.05, 0.1) is 19.2 Å². The number of esters is 1. The van der Waals surface area contributed by atoms with E-state index in [1.54, 1.807) is 24.3 Å². The van der Waals surface area contributed by atoms with Gasteiger partial charge in [0.15, 0.2) is 0 Å². The van der Waals surface area contributed by atoms with E-state index in [9.17, 15) is 9.36 Å². The van der Waals surface area contributed by atoms with Gasteiger partial charge in [-0.2, -0.15) is 0 Å². The minimum atomic E-state index is -3.44. The molecule has 0 N–H and O–H groups in total. The van der Waals surface area contributed by atoms with Crippen molar-refractivity contribution in [3.8, 4) is 0 Å².